The van der Waals surface area contributed by atoms with Gasteiger partial charge in [-0.1, -0.05) is 0 Å². The largest absolute Gasteiger partial charge is 0.394 e. The predicted octanol–water partition coefficient (Wildman–Crippen LogP) is 3.03. The van der Waals surface area contributed by atoms with E-state index in [1.54, 1.807) is 19.1 Å². The maximum atomic E-state index is 14.3. The number of halogens is 3. The number of amides is 1. The van der Waals surface area contributed by atoms with Crippen molar-refractivity contribution in [3.8, 4) is 0 Å². The van der Waals surface area contributed by atoms with E-state index >= 15 is 0 Å². The Labute approximate surface area is 168 Å². The van der Waals surface area contributed by atoms with Gasteiger partial charge in [0.1, 0.15) is 0 Å². The standard InChI is InChI=1S/C18H19F2IN2O4/c1-10-8-11(21)2-5-15(10)22-17-13(3-4-14(19)16(17)20)18(26)23-27-7-6-12(25)9-24/h2-5,8,12,22,24-25H,6-7,9H2,1H3,(H,23,26). The number of aliphatic hydroxyl groups is 2. The molecule has 2 aromatic carbocycles. The Morgan fingerprint density at radius 1 is 1.30 bits per heavy atom. The average molecular weight is 492 g/mol. The van der Waals surface area contributed by atoms with Gasteiger partial charge in [0.15, 0.2) is 11.6 Å². The van der Waals surface area contributed by atoms with Crippen LogP contribution in [0.5, 0.6) is 0 Å². The van der Waals surface area contributed by atoms with Gasteiger partial charge >= 0.3 is 0 Å². The lowest BCUT2D eigenvalue weighted by molar-refractivity contribution is 0.00704. The molecule has 0 aromatic heterocycles. The van der Waals surface area contributed by atoms with E-state index in [0.29, 0.717) is 5.69 Å². The lowest BCUT2D eigenvalue weighted by Crippen LogP contribution is -2.27. The lowest BCUT2D eigenvalue weighted by Gasteiger charge is -2.15. The molecule has 6 nitrogen and oxygen atoms in total. The summed E-state index contributed by atoms with van der Waals surface area (Å²) in [6.07, 6.45) is -0.868. The number of rotatable bonds is 8. The van der Waals surface area contributed by atoms with Crippen LogP contribution in [0.3, 0.4) is 0 Å². The molecule has 2 rings (SSSR count). The molecule has 0 saturated heterocycles. The molecule has 0 heterocycles. The van der Waals surface area contributed by atoms with E-state index in [1.165, 1.54) is 0 Å². The van der Waals surface area contributed by atoms with Gasteiger partial charge in [-0.2, -0.15) is 0 Å². The fraction of sp³-hybridized carbons (Fsp3) is 0.278. The zero-order valence-corrected chi connectivity index (χ0v) is 16.6. The van der Waals surface area contributed by atoms with Crippen molar-refractivity contribution in [3.05, 3.63) is 56.7 Å². The third-order valence-electron chi connectivity index (χ3n) is 3.72. The fourth-order valence-corrected chi connectivity index (χ4v) is 2.87. The van der Waals surface area contributed by atoms with Crippen LogP contribution < -0.4 is 10.8 Å². The Kier molecular flexibility index (Phi) is 7.90. The van der Waals surface area contributed by atoms with Crippen LogP contribution in [0.1, 0.15) is 22.3 Å². The smallest absolute Gasteiger partial charge is 0.277 e. The molecule has 0 fully saturated rings. The van der Waals surface area contributed by atoms with Crippen molar-refractivity contribution in [2.24, 2.45) is 0 Å². The molecule has 0 bridgehead atoms. The van der Waals surface area contributed by atoms with E-state index in [0.717, 1.165) is 21.3 Å². The molecule has 146 valence electrons. The molecule has 4 N–H and O–H groups in total. The summed E-state index contributed by atoms with van der Waals surface area (Å²) >= 11 is 2.13. The van der Waals surface area contributed by atoms with Gasteiger partial charge in [-0.05, 0) is 65.4 Å². The maximum Gasteiger partial charge on any atom is 0.277 e. The van der Waals surface area contributed by atoms with E-state index in [2.05, 4.69) is 33.4 Å². The normalized spacial score (nSPS) is 11.9. The number of nitrogens with one attached hydrogen (secondary N) is 2. The number of hydrogen-bond donors (Lipinski definition) is 4. The molecular weight excluding hydrogens is 473 g/mol. The zero-order chi connectivity index (χ0) is 20.0. The summed E-state index contributed by atoms with van der Waals surface area (Å²) in [7, 11) is 0. The van der Waals surface area contributed by atoms with Crippen LogP contribution in [-0.4, -0.2) is 35.4 Å². The first kappa shape index (κ1) is 21.5. The second-order valence-corrected chi connectivity index (χ2v) is 7.02. The van der Waals surface area contributed by atoms with Crippen molar-refractivity contribution in [1.29, 1.82) is 0 Å². The molecule has 0 aliphatic rings. The van der Waals surface area contributed by atoms with Crippen LogP contribution in [0.2, 0.25) is 0 Å². The van der Waals surface area contributed by atoms with Gasteiger partial charge < -0.3 is 15.5 Å². The molecule has 1 unspecified atom stereocenters. The van der Waals surface area contributed by atoms with Crippen LogP contribution in [0.15, 0.2) is 30.3 Å². The second kappa shape index (κ2) is 9.93. The van der Waals surface area contributed by atoms with Gasteiger partial charge in [0.05, 0.1) is 30.6 Å². The van der Waals surface area contributed by atoms with Crippen LogP contribution in [-0.2, 0) is 4.84 Å². The van der Waals surface area contributed by atoms with Crippen molar-refractivity contribution >= 4 is 39.9 Å². The highest BCUT2D eigenvalue weighted by atomic mass is 127. The summed E-state index contributed by atoms with van der Waals surface area (Å²) in [6, 6.07) is 7.35. The molecule has 27 heavy (non-hydrogen) atoms. The molecule has 1 amide bonds. The van der Waals surface area contributed by atoms with E-state index in [4.69, 9.17) is 9.94 Å². The molecule has 2 aromatic rings. The van der Waals surface area contributed by atoms with Crippen LogP contribution >= 0.6 is 22.6 Å². The van der Waals surface area contributed by atoms with Crippen molar-refractivity contribution in [2.45, 2.75) is 19.4 Å². The van der Waals surface area contributed by atoms with Crippen LogP contribution in [0.25, 0.3) is 0 Å². The Morgan fingerprint density at radius 2 is 2.04 bits per heavy atom. The second-order valence-electron chi connectivity index (χ2n) is 5.77. The van der Waals surface area contributed by atoms with Crippen LogP contribution in [0.4, 0.5) is 20.2 Å². The quantitative estimate of drug-likeness (QED) is 0.259. The van der Waals surface area contributed by atoms with Crippen molar-refractivity contribution in [2.75, 3.05) is 18.5 Å². The van der Waals surface area contributed by atoms with Gasteiger partial charge in [0, 0.05) is 15.7 Å². The first-order chi connectivity index (χ1) is 12.8. The van der Waals surface area contributed by atoms with Gasteiger partial charge in [-0.25, -0.2) is 14.3 Å². The van der Waals surface area contributed by atoms with E-state index in [9.17, 15) is 18.7 Å². The number of carbonyl (C=O) groups excluding carboxylic acids is 1. The summed E-state index contributed by atoms with van der Waals surface area (Å²) in [6.45, 7) is 1.32. The minimum atomic E-state index is -1.18. The third-order valence-corrected chi connectivity index (χ3v) is 4.39. The molecular formula is C18H19F2IN2O4. The maximum absolute atomic E-state index is 14.3. The lowest BCUT2D eigenvalue weighted by atomic mass is 10.1. The summed E-state index contributed by atoms with van der Waals surface area (Å²) in [4.78, 5) is 17.2. The molecule has 9 heteroatoms. The Morgan fingerprint density at radius 3 is 2.70 bits per heavy atom. The van der Waals surface area contributed by atoms with Gasteiger partial charge in [0.2, 0.25) is 0 Å². The van der Waals surface area contributed by atoms with Crippen LogP contribution in [0, 0.1) is 22.1 Å². The number of benzene rings is 2. The summed E-state index contributed by atoms with van der Waals surface area (Å²) in [5, 5.41) is 20.7. The zero-order valence-electron chi connectivity index (χ0n) is 14.4. The van der Waals surface area contributed by atoms with Gasteiger partial charge in [-0.15, -0.1) is 0 Å². The first-order valence-electron chi connectivity index (χ1n) is 8.05. The highest BCUT2D eigenvalue weighted by Gasteiger charge is 2.20. The third kappa shape index (κ3) is 5.83. The number of aryl methyl sites for hydroxylation is 1. The van der Waals surface area contributed by atoms with Gasteiger partial charge in [-0.3, -0.25) is 9.63 Å². The molecule has 1 atom stereocenters. The Balaban J connectivity index is 2.19. The number of hydroxylamine groups is 1. The van der Waals surface area contributed by atoms with E-state index < -0.39 is 30.3 Å². The van der Waals surface area contributed by atoms with Crippen molar-refractivity contribution in [1.82, 2.24) is 5.48 Å². The first-order valence-corrected chi connectivity index (χ1v) is 9.13. The highest BCUT2D eigenvalue weighted by molar-refractivity contribution is 14.1. The SMILES string of the molecule is Cc1cc(I)ccc1Nc1c(C(=O)NOCCC(O)CO)ccc(F)c1F. The van der Waals surface area contributed by atoms with E-state index in [1.807, 2.05) is 6.07 Å². The van der Waals surface area contributed by atoms with Crippen molar-refractivity contribution in [3.63, 3.8) is 0 Å². The highest BCUT2D eigenvalue weighted by Crippen LogP contribution is 2.28. The number of aliphatic hydroxyl groups excluding tert-OH is 2. The molecule has 0 aliphatic heterocycles. The molecule has 0 radical (unpaired) electrons. The minimum Gasteiger partial charge on any atom is -0.394 e. The predicted molar refractivity (Wildman–Crippen MR) is 105 cm³/mol. The average Bonchev–Trinajstić information content (AvgIpc) is 2.64. The fourth-order valence-electron chi connectivity index (χ4n) is 2.22. The van der Waals surface area contributed by atoms with Gasteiger partial charge in [0.25, 0.3) is 5.91 Å². The Hall–Kier alpha value is -1.82. The van der Waals surface area contributed by atoms with Crippen molar-refractivity contribution < 1.29 is 28.6 Å². The monoisotopic (exact) mass is 492 g/mol. The Bertz CT molecular complexity index is 820. The molecule has 0 saturated carbocycles. The number of carbonyl (C=O) groups is 1. The number of anilines is 2. The minimum absolute atomic E-state index is 0.0594. The summed E-state index contributed by atoms with van der Waals surface area (Å²) < 4.78 is 29.0. The summed E-state index contributed by atoms with van der Waals surface area (Å²) in [5.41, 5.74) is 2.99. The topological polar surface area (TPSA) is 90.8 Å². The number of hydrogen-bond acceptors (Lipinski definition) is 5. The molecule has 0 spiro atoms. The molecule has 0 aliphatic carbocycles. The van der Waals surface area contributed by atoms with E-state index in [-0.39, 0.29) is 24.3 Å². The summed E-state index contributed by atoms with van der Waals surface area (Å²) in [5.74, 6) is -3.06.